The summed E-state index contributed by atoms with van der Waals surface area (Å²) in [6.07, 6.45) is 2.09. The van der Waals surface area contributed by atoms with E-state index in [0.717, 1.165) is 6.42 Å². The summed E-state index contributed by atoms with van der Waals surface area (Å²) < 4.78 is 5.89. The van der Waals surface area contributed by atoms with Gasteiger partial charge in [0, 0.05) is 17.5 Å². The number of benzene rings is 1. The molecule has 0 aliphatic carbocycles. The highest BCUT2D eigenvalue weighted by atomic mass is 16.5. The van der Waals surface area contributed by atoms with Crippen LogP contribution in [0.5, 0.6) is 17.2 Å². The van der Waals surface area contributed by atoms with E-state index in [4.69, 9.17) is 4.74 Å². The lowest BCUT2D eigenvalue weighted by Crippen LogP contribution is -2.33. The summed E-state index contributed by atoms with van der Waals surface area (Å²) in [6.45, 7) is 7.63. The van der Waals surface area contributed by atoms with E-state index in [1.54, 1.807) is 0 Å². The fourth-order valence-corrected chi connectivity index (χ4v) is 2.45. The number of fused-ring (bicyclic) bond motifs is 1. The number of carbonyl (C=O) groups excluding carboxylic acids is 1. The fraction of sp³-hybridized carbons (Fsp3) is 0.562. The summed E-state index contributed by atoms with van der Waals surface area (Å²) in [6, 6.07) is 1.25. The zero-order valence-corrected chi connectivity index (χ0v) is 12.5. The topological polar surface area (TPSA) is 66.8 Å². The van der Waals surface area contributed by atoms with Gasteiger partial charge in [-0.05, 0) is 33.1 Å². The normalized spacial score (nSPS) is 18.0. The molecule has 1 aliphatic heterocycles. The van der Waals surface area contributed by atoms with Gasteiger partial charge >= 0.3 is 0 Å². The van der Waals surface area contributed by atoms with Crippen LogP contribution in [-0.4, -0.2) is 21.6 Å². The number of ether oxygens (including phenoxy) is 1. The second kappa shape index (κ2) is 5.00. The van der Waals surface area contributed by atoms with E-state index in [2.05, 4.69) is 0 Å². The Bertz CT molecular complexity index is 546. The minimum Gasteiger partial charge on any atom is -0.507 e. The van der Waals surface area contributed by atoms with Crippen LogP contribution >= 0.6 is 0 Å². The minimum absolute atomic E-state index is 0.00583. The Balaban J connectivity index is 2.60. The average Bonchev–Trinajstić information content (AvgIpc) is 2.35. The molecular formula is C16H22O4. The van der Waals surface area contributed by atoms with Crippen molar-refractivity contribution in [1.29, 1.82) is 0 Å². The summed E-state index contributed by atoms with van der Waals surface area (Å²) in [5.74, 6) is -0.191. The molecule has 0 aromatic heterocycles. The molecule has 0 saturated carbocycles. The highest BCUT2D eigenvalue weighted by molar-refractivity contribution is 6.03. The first kappa shape index (κ1) is 14.7. The second-order valence-electron chi connectivity index (χ2n) is 6.13. The lowest BCUT2D eigenvalue weighted by Gasteiger charge is -2.34. The first-order chi connectivity index (χ1) is 9.26. The summed E-state index contributed by atoms with van der Waals surface area (Å²) in [5, 5.41) is 20.0. The fourth-order valence-electron chi connectivity index (χ4n) is 2.45. The van der Waals surface area contributed by atoms with Gasteiger partial charge in [-0.3, -0.25) is 4.79 Å². The van der Waals surface area contributed by atoms with Gasteiger partial charge < -0.3 is 14.9 Å². The maximum Gasteiger partial charge on any atom is 0.173 e. The van der Waals surface area contributed by atoms with Crippen LogP contribution in [0.1, 0.15) is 56.5 Å². The zero-order valence-electron chi connectivity index (χ0n) is 12.5. The van der Waals surface area contributed by atoms with Gasteiger partial charge in [-0.2, -0.15) is 0 Å². The smallest absolute Gasteiger partial charge is 0.173 e. The first-order valence-corrected chi connectivity index (χ1v) is 7.08. The second-order valence-corrected chi connectivity index (χ2v) is 6.13. The molecule has 0 fully saturated rings. The average molecular weight is 278 g/mol. The van der Waals surface area contributed by atoms with Crippen molar-refractivity contribution < 1.29 is 19.7 Å². The number of rotatable bonds is 3. The Morgan fingerprint density at radius 1 is 1.40 bits per heavy atom. The molecular weight excluding hydrogens is 256 g/mol. The van der Waals surface area contributed by atoms with Crippen LogP contribution in [-0.2, 0) is 6.42 Å². The molecule has 2 N–H and O–H groups in total. The Kier molecular flexibility index (Phi) is 3.67. The number of Topliss-reactive ketones (excluding diaryl/α,β-unsaturated/α-hetero) is 1. The predicted octanol–water partition coefficient (Wildman–Crippen LogP) is 3.43. The highest BCUT2D eigenvalue weighted by Crippen LogP contribution is 2.45. The van der Waals surface area contributed by atoms with Crippen LogP contribution in [0, 0.1) is 5.92 Å². The Morgan fingerprint density at radius 3 is 2.65 bits per heavy atom. The molecule has 2 rings (SSSR count). The van der Waals surface area contributed by atoms with Crippen LogP contribution in [0.25, 0.3) is 0 Å². The molecule has 1 aromatic rings. The minimum atomic E-state index is -0.405. The third-order valence-electron chi connectivity index (χ3n) is 4.00. The molecule has 1 aromatic carbocycles. The maximum absolute atomic E-state index is 12.5. The quantitative estimate of drug-likeness (QED) is 0.831. The molecule has 1 atom stereocenters. The third-order valence-corrected chi connectivity index (χ3v) is 4.00. The van der Waals surface area contributed by atoms with Crippen LogP contribution in [0.15, 0.2) is 6.07 Å². The lowest BCUT2D eigenvalue weighted by molar-refractivity contribution is 0.0773. The molecule has 1 unspecified atom stereocenters. The van der Waals surface area contributed by atoms with Crippen molar-refractivity contribution in [3.05, 3.63) is 17.2 Å². The van der Waals surface area contributed by atoms with Crippen molar-refractivity contribution in [2.45, 2.75) is 52.6 Å². The van der Waals surface area contributed by atoms with Gasteiger partial charge in [0.2, 0.25) is 0 Å². The van der Waals surface area contributed by atoms with Crippen LogP contribution < -0.4 is 4.74 Å². The molecule has 0 amide bonds. The predicted molar refractivity (Wildman–Crippen MR) is 76.6 cm³/mol. The SMILES string of the molecule is CCC(C)C(=O)c1c(O)cc(O)c2c1OC(C)(C)CC2. The number of phenols is 2. The Labute approximate surface area is 119 Å². The zero-order chi connectivity index (χ0) is 15.1. The number of carbonyl (C=O) groups is 1. The van der Waals surface area contributed by atoms with Gasteiger partial charge in [0.15, 0.2) is 5.78 Å². The van der Waals surface area contributed by atoms with E-state index >= 15 is 0 Å². The molecule has 4 heteroatoms. The van der Waals surface area contributed by atoms with E-state index < -0.39 is 5.60 Å². The summed E-state index contributed by atoms with van der Waals surface area (Å²) in [5.41, 5.74) is 0.422. The molecule has 4 nitrogen and oxygen atoms in total. The van der Waals surface area contributed by atoms with Crippen molar-refractivity contribution >= 4 is 5.78 Å². The molecule has 20 heavy (non-hydrogen) atoms. The Morgan fingerprint density at radius 2 is 2.05 bits per heavy atom. The van der Waals surface area contributed by atoms with Crippen LogP contribution in [0.4, 0.5) is 0 Å². The summed E-state index contributed by atoms with van der Waals surface area (Å²) in [4.78, 5) is 12.5. The molecule has 110 valence electrons. The molecule has 0 bridgehead atoms. The monoisotopic (exact) mass is 278 g/mol. The standard InChI is InChI=1S/C16H22O4/c1-5-9(2)14(19)13-12(18)8-11(17)10-6-7-16(3,4)20-15(10)13/h8-9,17-18H,5-7H2,1-4H3. The van der Waals surface area contributed by atoms with E-state index in [0.29, 0.717) is 24.2 Å². The number of phenolic OH excluding ortho intramolecular Hbond substituents is 2. The van der Waals surface area contributed by atoms with Crippen LogP contribution in [0.2, 0.25) is 0 Å². The molecule has 1 aliphatic rings. The summed E-state index contributed by atoms with van der Waals surface area (Å²) >= 11 is 0. The van der Waals surface area contributed by atoms with Crippen molar-refractivity contribution in [3.63, 3.8) is 0 Å². The number of hydrogen-bond donors (Lipinski definition) is 2. The number of hydrogen-bond acceptors (Lipinski definition) is 4. The molecule has 0 spiro atoms. The van der Waals surface area contributed by atoms with Gasteiger partial charge in [0.25, 0.3) is 0 Å². The first-order valence-electron chi connectivity index (χ1n) is 7.08. The molecule has 1 heterocycles. The number of aromatic hydroxyl groups is 2. The van der Waals surface area contributed by atoms with Gasteiger partial charge in [-0.15, -0.1) is 0 Å². The lowest BCUT2D eigenvalue weighted by atomic mass is 9.88. The van der Waals surface area contributed by atoms with Crippen molar-refractivity contribution in [2.24, 2.45) is 5.92 Å². The van der Waals surface area contributed by atoms with Crippen molar-refractivity contribution in [1.82, 2.24) is 0 Å². The largest absolute Gasteiger partial charge is 0.507 e. The van der Waals surface area contributed by atoms with E-state index in [1.165, 1.54) is 6.07 Å². The molecule has 0 saturated heterocycles. The van der Waals surface area contributed by atoms with Gasteiger partial charge in [0.05, 0.1) is 0 Å². The van der Waals surface area contributed by atoms with Gasteiger partial charge in [0.1, 0.15) is 28.4 Å². The van der Waals surface area contributed by atoms with E-state index in [1.807, 2.05) is 27.7 Å². The van der Waals surface area contributed by atoms with Crippen molar-refractivity contribution in [2.75, 3.05) is 0 Å². The summed E-state index contributed by atoms with van der Waals surface area (Å²) in [7, 11) is 0. The van der Waals surface area contributed by atoms with Gasteiger partial charge in [-0.1, -0.05) is 13.8 Å². The van der Waals surface area contributed by atoms with E-state index in [-0.39, 0.29) is 28.8 Å². The maximum atomic E-state index is 12.5. The van der Waals surface area contributed by atoms with E-state index in [9.17, 15) is 15.0 Å². The van der Waals surface area contributed by atoms with Crippen LogP contribution in [0.3, 0.4) is 0 Å². The van der Waals surface area contributed by atoms with Gasteiger partial charge in [-0.25, -0.2) is 0 Å². The number of ketones is 1. The molecule has 0 radical (unpaired) electrons. The van der Waals surface area contributed by atoms with Crippen molar-refractivity contribution in [3.8, 4) is 17.2 Å². The highest BCUT2D eigenvalue weighted by Gasteiger charge is 2.34. The third kappa shape index (κ3) is 2.47. The Hall–Kier alpha value is -1.71.